The number of hydrogen-bond acceptors (Lipinski definition) is 3. The quantitative estimate of drug-likeness (QED) is 0.809. The van der Waals surface area contributed by atoms with Gasteiger partial charge in [0, 0.05) is 24.7 Å². The number of hydrogen-bond donors (Lipinski definition) is 1. The molecule has 0 fully saturated rings. The molecule has 1 aromatic rings. The van der Waals surface area contributed by atoms with Crippen molar-refractivity contribution in [3.63, 3.8) is 0 Å². The highest BCUT2D eigenvalue weighted by Gasteiger charge is 2.20. The van der Waals surface area contributed by atoms with Gasteiger partial charge in [-0.2, -0.15) is 0 Å². The summed E-state index contributed by atoms with van der Waals surface area (Å²) in [5.41, 5.74) is 2.59. The van der Waals surface area contributed by atoms with Crippen molar-refractivity contribution >= 4 is 5.69 Å². The fourth-order valence-electron chi connectivity index (χ4n) is 2.51. The molecule has 17 heavy (non-hydrogen) atoms. The maximum absolute atomic E-state index is 5.73. The van der Waals surface area contributed by atoms with Crippen LogP contribution in [0.5, 0.6) is 11.5 Å². The number of benzene rings is 1. The van der Waals surface area contributed by atoms with Crippen LogP contribution < -0.4 is 14.8 Å². The van der Waals surface area contributed by atoms with Crippen molar-refractivity contribution in [3.05, 3.63) is 17.7 Å². The van der Waals surface area contributed by atoms with Crippen molar-refractivity contribution in [2.75, 3.05) is 25.1 Å². The summed E-state index contributed by atoms with van der Waals surface area (Å²) in [6.07, 6.45) is 3.33. The second kappa shape index (κ2) is 4.47. The molecule has 3 rings (SSSR count). The molecule has 0 spiro atoms. The van der Waals surface area contributed by atoms with Gasteiger partial charge in [-0.15, -0.1) is 0 Å². The fourth-order valence-corrected chi connectivity index (χ4v) is 2.51. The first-order valence-corrected chi connectivity index (χ1v) is 6.53. The molecular weight excluding hydrogens is 214 g/mol. The van der Waals surface area contributed by atoms with Crippen LogP contribution in [-0.2, 0) is 6.42 Å². The molecule has 0 saturated carbocycles. The molecule has 3 heteroatoms. The summed E-state index contributed by atoms with van der Waals surface area (Å²) in [5, 5.41) is 3.50. The van der Waals surface area contributed by atoms with Gasteiger partial charge in [-0.05, 0) is 24.0 Å². The van der Waals surface area contributed by atoms with Crippen molar-refractivity contribution in [1.29, 1.82) is 0 Å². The summed E-state index contributed by atoms with van der Waals surface area (Å²) >= 11 is 0. The summed E-state index contributed by atoms with van der Waals surface area (Å²) in [6.45, 7) is 4.84. The average molecular weight is 233 g/mol. The topological polar surface area (TPSA) is 30.5 Å². The Hall–Kier alpha value is -1.38. The predicted molar refractivity (Wildman–Crippen MR) is 68.0 cm³/mol. The maximum Gasteiger partial charge on any atom is 0.163 e. The van der Waals surface area contributed by atoms with E-state index in [-0.39, 0.29) is 0 Å². The van der Waals surface area contributed by atoms with E-state index in [2.05, 4.69) is 24.4 Å². The molecule has 2 heterocycles. The molecule has 1 N–H and O–H groups in total. The van der Waals surface area contributed by atoms with Crippen LogP contribution in [-0.4, -0.2) is 19.8 Å². The third-order valence-electron chi connectivity index (χ3n) is 3.64. The van der Waals surface area contributed by atoms with E-state index in [9.17, 15) is 0 Å². The second-order valence-electron chi connectivity index (χ2n) is 4.87. The lowest BCUT2D eigenvalue weighted by Gasteiger charge is -2.26. The first-order chi connectivity index (χ1) is 8.36. The highest BCUT2D eigenvalue weighted by atomic mass is 16.5. The standard InChI is InChI=1S/C14H19NO2/c1-2-10-6-11-7-13-14(8-12(11)15-9-10)17-5-3-4-16-13/h7-8,10,15H,2-6,9H2,1H3. The molecular formula is C14H19NO2. The van der Waals surface area contributed by atoms with Crippen LogP contribution in [0.25, 0.3) is 0 Å². The Kier molecular flexibility index (Phi) is 2.83. The number of anilines is 1. The Bertz CT molecular complexity index is 417. The number of ether oxygens (including phenoxy) is 2. The first kappa shape index (κ1) is 10.8. The average Bonchev–Trinajstić information content (AvgIpc) is 2.60. The lowest BCUT2D eigenvalue weighted by molar-refractivity contribution is 0.297. The zero-order valence-corrected chi connectivity index (χ0v) is 10.3. The third-order valence-corrected chi connectivity index (χ3v) is 3.64. The molecule has 0 aromatic heterocycles. The zero-order valence-electron chi connectivity index (χ0n) is 10.3. The third kappa shape index (κ3) is 2.06. The van der Waals surface area contributed by atoms with Crippen LogP contribution >= 0.6 is 0 Å². The highest BCUT2D eigenvalue weighted by molar-refractivity contribution is 5.62. The van der Waals surface area contributed by atoms with Gasteiger partial charge in [0.25, 0.3) is 0 Å². The van der Waals surface area contributed by atoms with Gasteiger partial charge in [-0.1, -0.05) is 13.3 Å². The van der Waals surface area contributed by atoms with Crippen LogP contribution in [0.4, 0.5) is 5.69 Å². The van der Waals surface area contributed by atoms with Crippen LogP contribution in [0.15, 0.2) is 12.1 Å². The Balaban J connectivity index is 1.93. The summed E-state index contributed by atoms with van der Waals surface area (Å²) in [7, 11) is 0. The monoisotopic (exact) mass is 233 g/mol. The van der Waals surface area contributed by atoms with E-state index in [0.29, 0.717) is 0 Å². The second-order valence-corrected chi connectivity index (χ2v) is 4.87. The zero-order chi connectivity index (χ0) is 11.7. The molecule has 1 atom stereocenters. The summed E-state index contributed by atoms with van der Waals surface area (Å²) < 4.78 is 11.4. The lowest BCUT2D eigenvalue weighted by Crippen LogP contribution is -2.22. The summed E-state index contributed by atoms with van der Waals surface area (Å²) in [4.78, 5) is 0. The van der Waals surface area contributed by atoms with E-state index in [0.717, 1.165) is 50.0 Å². The molecule has 0 bridgehead atoms. The smallest absolute Gasteiger partial charge is 0.163 e. The van der Waals surface area contributed by atoms with Gasteiger partial charge in [0.15, 0.2) is 11.5 Å². The number of rotatable bonds is 1. The predicted octanol–water partition coefficient (Wildman–Crippen LogP) is 2.84. The molecule has 0 amide bonds. The number of fused-ring (bicyclic) bond motifs is 2. The number of nitrogens with one attached hydrogen (secondary N) is 1. The molecule has 2 aliphatic heterocycles. The Morgan fingerprint density at radius 2 is 2.00 bits per heavy atom. The van der Waals surface area contributed by atoms with E-state index in [1.54, 1.807) is 0 Å². The van der Waals surface area contributed by atoms with Gasteiger partial charge in [0.05, 0.1) is 13.2 Å². The van der Waals surface area contributed by atoms with Crippen LogP contribution in [0, 0.1) is 5.92 Å². The van der Waals surface area contributed by atoms with Crippen molar-refractivity contribution in [2.45, 2.75) is 26.2 Å². The van der Waals surface area contributed by atoms with Gasteiger partial charge < -0.3 is 14.8 Å². The van der Waals surface area contributed by atoms with E-state index >= 15 is 0 Å². The van der Waals surface area contributed by atoms with Gasteiger partial charge in [-0.25, -0.2) is 0 Å². The van der Waals surface area contributed by atoms with Crippen molar-refractivity contribution in [2.24, 2.45) is 5.92 Å². The van der Waals surface area contributed by atoms with Crippen LogP contribution in [0.2, 0.25) is 0 Å². The highest BCUT2D eigenvalue weighted by Crippen LogP contribution is 2.38. The largest absolute Gasteiger partial charge is 0.490 e. The molecule has 92 valence electrons. The van der Waals surface area contributed by atoms with Gasteiger partial charge >= 0.3 is 0 Å². The molecule has 0 saturated heterocycles. The van der Waals surface area contributed by atoms with Crippen molar-refractivity contribution in [3.8, 4) is 11.5 Å². The Morgan fingerprint density at radius 1 is 1.24 bits per heavy atom. The fraction of sp³-hybridized carbons (Fsp3) is 0.571. The van der Waals surface area contributed by atoms with E-state index in [1.165, 1.54) is 17.7 Å². The summed E-state index contributed by atoms with van der Waals surface area (Å²) in [5.74, 6) is 2.55. The SMILES string of the molecule is CCC1CNc2cc3c(cc2C1)OCCCO3. The van der Waals surface area contributed by atoms with E-state index < -0.39 is 0 Å². The first-order valence-electron chi connectivity index (χ1n) is 6.53. The van der Waals surface area contributed by atoms with Crippen molar-refractivity contribution < 1.29 is 9.47 Å². The minimum Gasteiger partial charge on any atom is -0.490 e. The normalized spacial score (nSPS) is 22.3. The van der Waals surface area contributed by atoms with Gasteiger partial charge in [0.2, 0.25) is 0 Å². The lowest BCUT2D eigenvalue weighted by atomic mass is 9.92. The van der Waals surface area contributed by atoms with Gasteiger partial charge in [0.1, 0.15) is 0 Å². The molecule has 2 aliphatic rings. The minimum absolute atomic E-state index is 0.743. The van der Waals surface area contributed by atoms with Crippen LogP contribution in [0.1, 0.15) is 25.3 Å². The van der Waals surface area contributed by atoms with E-state index in [4.69, 9.17) is 9.47 Å². The maximum atomic E-state index is 5.73. The molecule has 1 aromatic carbocycles. The van der Waals surface area contributed by atoms with E-state index in [1.807, 2.05) is 0 Å². The van der Waals surface area contributed by atoms with Gasteiger partial charge in [-0.3, -0.25) is 0 Å². The molecule has 0 aliphatic carbocycles. The van der Waals surface area contributed by atoms with Crippen molar-refractivity contribution in [1.82, 2.24) is 0 Å². The Morgan fingerprint density at radius 3 is 2.76 bits per heavy atom. The Labute approximate surface area is 102 Å². The summed E-state index contributed by atoms with van der Waals surface area (Å²) in [6, 6.07) is 4.26. The van der Waals surface area contributed by atoms with Crippen LogP contribution in [0.3, 0.4) is 0 Å². The molecule has 1 unspecified atom stereocenters. The minimum atomic E-state index is 0.743. The molecule has 3 nitrogen and oxygen atoms in total. The molecule has 0 radical (unpaired) electrons.